The molecule has 10 nitrogen and oxygen atoms in total. The maximum absolute atomic E-state index is 12.2. The predicted octanol–water partition coefficient (Wildman–Crippen LogP) is 2.69. The third-order valence-electron chi connectivity index (χ3n) is 4.89. The number of anilines is 2. The van der Waals surface area contributed by atoms with Crippen molar-refractivity contribution in [1.82, 2.24) is 10.0 Å². The van der Waals surface area contributed by atoms with Crippen LogP contribution in [0.25, 0.3) is 0 Å². The number of urea groups is 1. The summed E-state index contributed by atoms with van der Waals surface area (Å²) >= 11 is 0. The third-order valence-corrected chi connectivity index (χ3v) is 6.35. The van der Waals surface area contributed by atoms with Gasteiger partial charge in [0.05, 0.1) is 9.82 Å². The highest BCUT2D eigenvalue weighted by Crippen LogP contribution is 2.21. The van der Waals surface area contributed by atoms with Gasteiger partial charge < -0.3 is 15.5 Å². The molecule has 0 spiro atoms. The van der Waals surface area contributed by atoms with E-state index < -0.39 is 21.0 Å². The number of carbonyl (C=O) groups excluding carboxylic acids is 1. The average Bonchev–Trinajstić information content (AvgIpc) is 2.78. The summed E-state index contributed by atoms with van der Waals surface area (Å²) in [6, 6.07) is 11.9. The van der Waals surface area contributed by atoms with E-state index in [0.717, 1.165) is 24.8 Å². The molecular weight excluding hydrogens is 422 g/mol. The summed E-state index contributed by atoms with van der Waals surface area (Å²) in [6.07, 6.45) is 3.64. The second-order valence-corrected chi connectivity index (χ2v) is 8.89. The number of carbonyl (C=O) groups is 1. The highest BCUT2D eigenvalue weighted by molar-refractivity contribution is 7.89. The summed E-state index contributed by atoms with van der Waals surface area (Å²) in [5, 5.41) is 16.1. The molecule has 0 aromatic heterocycles. The lowest BCUT2D eigenvalue weighted by atomic mass is 10.1. The number of hydrogen-bond donors (Lipinski definition) is 3. The largest absolute Gasteiger partial charge is 0.372 e. The van der Waals surface area contributed by atoms with Gasteiger partial charge in [-0.15, -0.1) is 0 Å². The molecule has 1 fully saturated rings. The Morgan fingerprint density at radius 2 is 1.74 bits per heavy atom. The van der Waals surface area contributed by atoms with Gasteiger partial charge in [-0.05, 0) is 49.6 Å². The lowest BCUT2D eigenvalue weighted by Gasteiger charge is -2.28. The fourth-order valence-electron chi connectivity index (χ4n) is 3.29. The number of non-ortho nitro benzene ring substituents is 1. The number of nitrogens with zero attached hydrogens (tertiary/aromatic N) is 2. The molecule has 1 aliphatic rings. The zero-order chi connectivity index (χ0) is 22.3. The normalized spacial score (nSPS) is 14.1. The Morgan fingerprint density at radius 3 is 2.42 bits per heavy atom. The summed E-state index contributed by atoms with van der Waals surface area (Å²) in [6.45, 7) is 2.07. The lowest BCUT2D eigenvalue weighted by Crippen LogP contribution is -2.36. The van der Waals surface area contributed by atoms with Crippen LogP contribution in [0.5, 0.6) is 0 Å². The molecule has 166 valence electrons. The van der Waals surface area contributed by atoms with E-state index in [2.05, 4.69) is 20.3 Å². The van der Waals surface area contributed by atoms with Crippen molar-refractivity contribution in [3.05, 3.63) is 58.6 Å². The van der Waals surface area contributed by atoms with Crippen LogP contribution >= 0.6 is 0 Å². The molecule has 0 radical (unpaired) electrons. The molecule has 31 heavy (non-hydrogen) atoms. The Labute approximate surface area is 180 Å². The molecule has 11 heteroatoms. The van der Waals surface area contributed by atoms with Crippen molar-refractivity contribution >= 4 is 33.1 Å². The number of hydrogen-bond acceptors (Lipinski definition) is 6. The van der Waals surface area contributed by atoms with E-state index in [4.69, 9.17) is 0 Å². The maximum Gasteiger partial charge on any atom is 0.319 e. The van der Waals surface area contributed by atoms with Crippen LogP contribution in [0.15, 0.2) is 53.4 Å². The van der Waals surface area contributed by atoms with Crippen LogP contribution < -0.4 is 20.3 Å². The van der Waals surface area contributed by atoms with Gasteiger partial charge >= 0.3 is 6.03 Å². The summed E-state index contributed by atoms with van der Waals surface area (Å²) in [5.41, 5.74) is 1.45. The van der Waals surface area contributed by atoms with E-state index in [1.165, 1.54) is 37.5 Å². The van der Waals surface area contributed by atoms with Crippen molar-refractivity contribution in [2.24, 2.45) is 0 Å². The third kappa shape index (κ3) is 6.40. The second kappa shape index (κ2) is 10.2. The van der Waals surface area contributed by atoms with Crippen LogP contribution in [-0.2, 0) is 10.0 Å². The van der Waals surface area contributed by atoms with Crippen molar-refractivity contribution in [2.75, 3.05) is 36.4 Å². The average molecular weight is 448 g/mol. The molecule has 0 bridgehead atoms. The van der Waals surface area contributed by atoms with Crippen LogP contribution in [-0.4, -0.2) is 45.6 Å². The summed E-state index contributed by atoms with van der Waals surface area (Å²) < 4.78 is 26.8. The van der Waals surface area contributed by atoms with E-state index in [-0.39, 0.29) is 23.7 Å². The quantitative estimate of drug-likeness (QED) is 0.324. The highest BCUT2D eigenvalue weighted by Gasteiger charge is 2.17. The minimum absolute atomic E-state index is 0.0475. The van der Waals surface area contributed by atoms with Crippen LogP contribution in [0.4, 0.5) is 21.9 Å². The first-order valence-corrected chi connectivity index (χ1v) is 11.5. The first kappa shape index (κ1) is 22.5. The van der Waals surface area contributed by atoms with Gasteiger partial charge in [-0.3, -0.25) is 10.1 Å². The Bertz CT molecular complexity index is 1020. The SMILES string of the molecule is O=C(NCCNS(=O)(=O)c1cccc([N+](=O)[O-])c1)Nc1ccc(N2CCCCC2)cc1. The molecule has 0 aliphatic carbocycles. The van der Waals surface area contributed by atoms with Gasteiger partial charge in [-0.1, -0.05) is 6.07 Å². The second-order valence-electron chi connectivity index (χ2n) is 7.13. The maximum atomic E-state index is 12.2. The van der Waals surface area contributed by atoms with Gasteiger partial charge in [0.25, 0.3) is 5.69 Å². The van der Waals surface area contributed by atoms with Crippen molar-refractivity contribution in [3.63, 3.8) is 0 Å². The number of piperidine rings is 1. The van der Waals surface area contributed by atoms with Gasteiger partial charge in [-0.2, -0.15) is 0 Å². The lowest BCUT2D eigenvalue weighted by molar-refractivity contribution is -0.385. The molecule has 2 aromatic carbocycles. The number of amides is 2. The smallest absolute Gasteiger partial charge is 0.319 e. The molecule has 3 N–H and O–H groups in total. The fourth-order valence-corrected chi connectivity index (χ4v) is 4.36. The van der Waals surface area contributed by atoms with Crippen LogP contribution in [0.3, 0.4) is 0 Å². The number of benzene rings is 2. The Balaban J connectivity index is 1.43. The van der Waals surface area contributed by atoms with E-state index in [1.54, 1.807) is 0 Å². The fraction of sp³-hybridized carbons (Fsp3) is 0.350. The van der Waals surface area contributed by atoms with E-state index in [0.29, 0.717) is 5.69 Å². The number of nitro groups is 1. The number of nitro benzene ring substituents is 1. The van der Waals surface area contributed by atoms with Gasteiger partial charge in [0.2, 0.25) is 10.0 Å². The standard InChI is InChI=1S/C20H25N5O5S/c26-20(23-16-7-9-17(10-8-16)24-13-2-1-3-14-24)21-11-12-22-31(29,30)19-6-4-5-18(15-19)25(27)28/h4-10,15,22H,1-3,11-14H2,(H2,21,23,26). The van der Waals surface area contributed by atoms with Gasteiger partial charge in [0.15, 0.2) is 0 Å². The van der Waals surface area contributed by atoms with Crippen molar-refractivity contribution in [1.29, 1.82) is 0 Å². The molecule has 1 saturated heterocycles. The summed E-state index contributed by atoms with van der Waals surface area (Å²) in [5.74, 6) is 0. The van der Waals surface area contributed by atoms with Crippen molar-refractivity contribution in [3.8, 4) is 0 Å². The molecule has 0 unspecified atom stereocenters. The Hall–Kier alpha value is -3.18. The first-order valence-electron chi connectivity index (χ1n) is 9.99. The summed E-state index contributed by atoms with van der Waals surface area (Å²) in [4.78, 5) is 24.3. The molecule has 2 amide bonds. The molecule has 0 saturated carbocycles. The van der Waals surface area contributed by atoms with Gasteiger partial charge in [-0.25, -0.2) is 17.9 Å². The van der Waals surface area contributed by atoms with Crippen molar-refractivity contribution < 1.29 is 18.1 Å². The molecule has 0 atom stereocenters. The zero-order valence-electron chi connectivity index (χ0n) is 16.9. The minimum Gasteiger partial charge on any atom is -0.372 e. The van der Waals surface area contributed by atoms with E-state index in [1.807, 2.05) is 24.3 Å². The first-order chi connectivity index (χ1) is 14.8. The Morgan fingerprint density at radius 1 is 1.03 bits per heavy atom. The number of nitrogens with one attached hydrogen (secondary N) is 3. The van der Waals surface area contributed by atoms with E-state index in [9.17, 15) is 23.3 Å². The monoisotopic (exact) mass is 447 g/mol. The minimum atomic E-state index is -3.92. The van der Waals surface area contributed by atoms with Crippen LogP contribution in [0.1, 0.15) is 19.3 Å². The number of sulfonamides is 1. The molecule has 3 rings (SSSR count). The van der Waals surface area contributed by atoms with Crippen molar-refractivity contribution in [2.45, 2.75) is 24.2 Å². The predicted molar refractivity (Wildman–Crippen MR) is 118 cm³/mol. The van der Waals surface area contributed by atoms with Crippen LogP contribution in [0.2, 0.25) is 0 Å². The van der Waals surface area contributed by atoms with E-state index >= 15 is 0 Å². The molecular formula is C20H25N5O5S. The number of rotatable bonds is 8. The van der Waals surface area contributed by atoms with Gasteiger partial charge in [0.1, 0.15) is 0 Å². The topological polar surface area (TPSA) is 134 Å². The van der Waals surface area contributed by atoms with Gasteiger partial charge in [0, 0.05) is 49.7 Å². The molecule has 1 aliphatic heterocycles. The molecule has 1 heterocycles. The Kier molecular flexibility index (Phi) is 7.42. The highest BCUT2D eigenvalue weighted by atomic mass is 32.2. The molecule has 2 aromatic rings. The summed E-state index contributed by atoms with van der Waals surface area (Å²) in [7, 11) is -3.92. The van der Waals surface area contributed by atoms with Crippen LogP contribution in [0, 0.1) is 10.1 Å². The zero-order valence-corrected chi connectivity index (χ0v) is 17.7.